The highest BCUT2D eigenvalue weighted by molar-refractivity contribution is 5.71. The third-order valence-corrected chi connectivity index (χ3v) is 8.87. The molecule has 0 bridgehead atoms. The van der Waals surface area contributed by atoms with Crippen molar-refractivity contribution in [3.63, 3.8) is 0 Å². The highest BCUT2D eigenvalue weighted by Gasteiger charge is 2.37. The molecule has 0 saturated heterocycles. The molecular weight excluding hydrogens is 529 g/mol. The molecule has 2 fully saturated rings. The van der Waals surface area contributed by atoms with Crippen LogP contribution in [0.15, 0.2) is 48.5 Å². The smallest absolute Gasteiger partial charge is 0.303 e. The maximum Gasteiger partial charge on any atom is 0.303 e. The molecule has 2 atom stereocenters. The molecule has 0 spiro atoms. The lowest BCUT2D eigenvalue weighted by Gasteiger charge is -2.30. The second kappa shape index (κ2) is 11.8. The van der Waals surface area contributed by atoms with Gasteiger partial charge in [-0.1, -0.05) is 45.2 Å². The maximum atomic E-state index is 15.6. The molecule has 218 valence electrons. The van der Waals surface area contributed by atoms with Crippen molar-refractivity contribution in [2.24, 2.45) is 11.3 Å². The Bertz CT molecular complexity index is 1430. The van der Waals surface area contributed by atoms with E-state index in [0.717, 1.165) is 37.7 Å². The Morgan fingerprint density at radius 2 is 1.80 bits per heavy atom. The number of carboxylic acids is 1. The van der Waals surface area contributed by atoms with Gasteiger partial charge in [-0.05, 0) is 95.5 Å². The van der Waals surface area contributed by atoms with Gasteiger partial charge < -0.3 is 14.6 Å². The molecule has 3 aromatic rings. The summed E-state index contributed by atoms with van der Waals surface area (Å²) in [5, 5.41) is 9.40. The first-order valence-corrected chi connectivity index (χ1v) is 14.4. The Labute approximate surface area is 239 Å². The topological polar surface area (TPSA) is 55.8 Å². The minimum Gasteiger partial charge on any atom is -0.497 e. The Kier molecular flexibility index (Phi) is 8.35. The average molecular weight is 567 g/mol. The predicted octanol–water partition coefficient (Wildman–Crippen LogP) is 9.01. The maximum absolute atomic E-state index is 15.6. The van der Waals surface area contributed by atoms with Crippen molar-refractivity contribution < 1.29 is 32.5 Å². The first-order chi connectivity index (χ1) is 19.6. The minimum atomic E-state index is -0.974. The molecule has 0 heterocycles. The van der Waals surface area contributed by atoms with E-state index in [1.165, 1.54) is 31.4 Å². The second-order valence-electron chi connectivity index (χ2n) is 12.2. The summed E-state index contributed by atoms with van der Waals surface area (Å²) < 4.78 is 57.5. The molecule has 0 aliphatic heterocycles. The number of benzene rings is 3. The summed E-state index contributed by atoms with van der Waals surface area (Å²) in [6.45, 7) is 4.12. The zero-order valence-electron chi connectivity index (χ0n) is 23.8. The van der Waals surface area contributed by atoms with E-state index >= 15 is 13.2 Å². The van der Waals surface area contributed by atoms with Gasteiger partial charge in [0.25, 0.3) is 0 Å². The molecule has 0 unspecified atom stereocenters. The van der Waals surface area contributed by atoms with Crippen molar-refractivity contribution in [2.45, 2.75) is 77.2 Å². The summed E-state index contributed by atoms with van der Waals surface area (Å²) in [6, 6.07) is 12.3. The van der Waals surface area contributed by atoms with E-state index in [9.17, 15) is 9.90 Å². The van der Waals surface area contributed by atoms with Gasteiger partial charge in [-0.2, -0.15) is 0 Å². The predicted molar refractivity (Wildman–Crippen MR) is 152 cm³/mol. The third-order valence-electron chi connectivity index (χ3n) is 8.87. The number of rotatable bonds is 11. The molecule has 1 N–H and O–H groups in total. The summed E-state index contributed by atoms with van der Waals surface area (Å²) in [6.07, 6.45) is 5.42. The average Bonchev–Trinajstić information content (AvgIpc) is 3.68. The molecule has 3 aromatic carbocycles. The number of halogens is 3. The van der Waals surface area contributed by atoms with Crippen LogP contribution in [0.1, 0.15) is 87.3 Å². The zero-order chi connectivity index (χ0) is 29.3. The van der Waals surface area contributed by atoms with E-state index in [4.69, 9.17) is 9.47 Å². The molecule has 2 saturated carbocycles. The van der Waals surface area contributed by atoms with E-state index < -0.39 is 29.3 Å². The van der Waals surface area contributed by atoms with Gasteiger partial charge in [-0.25, -0.2) is 13.2 Å². The summed E-state index contributed by atoms with van der Waals surface area (Å²) in [5.41, 5.74) is 2.08. The van der Waals surface area contributed by atoms with Gasteiger partial charge in [0, 0.05) is 11.1 Å². The fourth-order valence-electron chi connectivity index (χ4n) is 6.41. The van der Waals surface area contributed by atoms with Crippen molar-refractivity contribution in [2.75, 3.05) is 7.11 Å². The standard InChI is InChI=1S/C34H37F3O4/c1-34(2)13-5-7-28(34)26-15-22(30(36)18-25(26)27-17-23(40-3)11-12-29(27)35)19-41-31-8-4-6-24(33(31)37)21(16-32(38)39)14-20-9-10-20/h4,6,8,11-12,15,17-18,20-21,28H,5,7,9-10,13-14,16,19H2,1-3H3,(H,38,39)/t21-,28+/m0/s1. The number of ether oxygens (including phenoxy) is 2. The lowest BCUT2D eigenvalue weighted by Crippen LogP contribution is -2.17. The SMILES string of the molecule is COc1ccc(F)c(-c2cc(F)c(COc3cccc([C@H](CC(=O)O)CC4CC4)c3F)cc2[C@H]2CCCC2(C)C)c1. The summed E-state index contributed by atoms with van der Waals surface area (Å²) in [4.78, 5) is 11.5. The third kappa shape index (κ3) is 6.39. The molecule has 41 heavy (non-hydrogen) atoms. The van der Waals surface area contributed by atoms with Crippen LogP contribution >= 0.6 is 0 Å². The Morgan fingerprint density at radius 3 is 2.46 bits per heavy atom. The van der Waals surface area contributed by atoms with E-state index in [1.54, 1.807) is 24.3 Å². The fraction of sp³-hybridized carbons (Fsp3) is 0.441. The zero-order valence-corrected chi connectivity index (χ0v) is 23.8. The van der Waals surface area contributed by atoms with Crippen LogP contribution in [0.5, 0.6) is 11.5 Å². The Morgan fingerprint density at radius 1 is 1.02 bits per heavy atom. The summed E-state index contributed by atoms with van der Waals surface area (Å²) in [5.74, 6) is -2.14. The fourth-order valence-corrected chi connectivity index (χ4v) is 6.41. The number of carboxylic acid groups (broad SMARTS) is 1. The van der Waals surface area contributed by atoms with Crippen molar-refractivity contribution in [3.05, 3.63) is 82.7 Å². The van der Waals surface area contributed by atoms with E-state index in [-0.39, 0.29) is 41.2 Å². The van der Waals surface area contributed by atoms with Crippen LogP contribution in [0.2, 0.25) is 0 Å². The van der Waals surface area contributed by atoms with Crippen LogP contribution in [0.4, 0.5) is 13.2 Å². The quantitative estimate of drug-likeness (QED) is 0.252. The molecule has 2 aliphatic rings. The number of carbonyl (C=O) groups is 1. The highest BCUT2D eigenvalue weighted by atomic mass is 19.1. The van der Waals surface area contributed by atoms with Crippen molar-refractivity contribution >= 4 is 5.97 Å². The van der Waals surface area contributed by atoms with Crippen LogP contribution in [0.3, 0.4) is 0 Å². The van der Waals surface area contributed by atoms with Gasteiger partial charge in [0.2, 0.25) is 0 Å². The van der Waals surface area contributed by atoms with Crippen LogP contribution in [0.25, 0.3) is 11.1 Å². The molecule has 0 aromatic heterocycles. The van der Waals surface area contributed by atoms with Gasteiger partial charge in [0.1, 0.15) is 24.0 Å². The largest absolute Gasteiger partial charge is 0.497 e. The number of methoxy groups -OCH3 is 1. The van der Waals surface area contributed by atoms with Gasteiger partial charge in [0.15, 0.2) is 11.6 Å². The van der Waals surface area contributed by atoms with E-state index in [1.807, 2.05) is 0 Å². The van der Waals surface area contributed by atoms with Crippen LogP contribution < -0.4 is 9.47 Å². The van der Waals surface area contributed by atoms with E-state index in [0.29, 0.717) is 29.2 Å². The minimum absolute atomic E-state index is 0.0428. The molecule has 5 rings (SSSR count). The first kappa shape index (κ1) is 29.0. The van der Waals surface area contributed by atoms with Crippen molar-refractivity contribution in [1.82, 2.24) is 0 Å². The van der Waals surface area contributed by atoms with Gasteiger partial charge in [0.05, 0.1) is 13.5 Å². The van der Waals surface area contributed by atoms with Crippen LogP contribution in [-0.4, -0.2) is 18.2 Å². The summed E-state index contributed by atoms with van der Waals surface area (Å²) in [7, 11) is 1.50. The molecular formula is C34H37F3O4. The molecule has 4 nitrogen and oxygen atoms in total. The van der Waals surface area contributed by atoms with Crippen molar-refractivity contribution in [1.29, 1.82) is 0 Å². The highest BCUT2D eigenvalue weighted by Crippen LogP contribution is 2.52. The van der Waals surface area contributed by atoms with Crippen LogP contribution in [-0.2, 0) is 11.4 Å². The molecule has 7 heteroatoms. The molecule has 2 aliphatic carbocycles. The Balaban J connectivity index is 1.48. The lowest BCUT2D eigenvalue weighted by molar-refractivity contribution is -0.137. The summed E-state index contributed by atoms with van der Waals surface area (Å²) >= 11 is 0. The number of hydrogen-bond acceptors (Lipinski definition) is 3. The normalized spacial score (nSPS) is 18.7. The molecule has 0 amide bonds. The number of aliphatic carboxylic acids is 1. The van der Waals surface area contributed by atoms with Crippen molar-refractivity contribution in [3.8, 4) is 22.6 Å². The van der Waals surface area contributed by atoms with Gasteiger partial charge in [-0.15, -0.1) is 0 Å². The van der Waals surface area contributed by atoms with Gasteiger partial charge >= 0.3 is 5.97 Å². The van der Waals surface area contributed by atoms with Gasteiger partial charge in [-0.3, -0.25) is 4.79 Å². The Hall–Kier alpha value is -3.48. The monoisotopic (exact) mass is 566 g/mol. The second-order valence-corrected chi connectivity index (χ2v) is 12.2. The lowest BCUT2D eigenvalue weighted by atomic mass is 9.75. The van der Waals surface area contributed by atoms with E-state index in [2.05, 4.69) is 13.8 Å². The first-order valence-electron chi connectivity index (χ1n) is 14.4. The van der Waals surface area contributed by atoms with Crippen LogP contribution in [0, 0.1) is 28.8 Å². The molecule has 0 radical (unpaired) electrons. The number of hydrogen-bond donors (Lipinski definition) is 1.